The fourth-order valence-electron chi connectivity index (χ4n) is 6.57. The molecule has 222 valence electrons. The van der Waals surface area contributed by atoms with Crippen LogP contribution in [0.3, 0.4) is 0 Å². The van der Waals surface area contributed by atoms with Crippen molar-refractivity contribution in [1.29, 1.82) is 0 Å². The van der Waals surface area contributed by atoms with Crippen LogP contribution in [0.4, 0.5) is 8.78 Å². The second-order valence-electron chi connectivity index (χ2n) is 11.7. The summed E-state index contributed by atoms with van der Waals surface area (Å²) in [7, 11) is 2.08. The van der Waals surface area contributed by atoms with Gasteiger partial charge in [0.1, 0.15) is 6.61 Å². The van der Waals surface area contributed by atoms with Crippen LogP contribution < -0.4 is 16.0 Å². The molecule has 2 bridgehead atoms. The zero-order chi connectivity index (χ0) is 27.8. The van der Waals surface area contributed by atoms with Gasteiger partial charge in [0, 0.05) is 57.5 Å². The largest absolute Gasteiger partial charge is 0.377 e. The molecule has 3 heterocycles. The smallest absolute Gasteiger partial charge is 0.248 e. The number of hydrogen-bond acceptors (Lipinski definition) is 7. The van der Waals surface area contributed by atoms with E-state index in [-0.39, 0.29) is 67.7 Å². The molecule has 10 nitrogen and oxygen atoms in total. The molecule has 3 saturated heterocycles. The minimum atomic E-state index is -2.65. The Balaban J connectivity index is 1.42. The average molecular weight is 558 g/mol. The molecular formula is C27H45F2N5O5. The van der Waals surface area contributed by atoms with Crippen LogP contribution in [0.25, 0.3) is 0 Å². The molecule has 4 atom stereocenters. The van der Waals surface area contributed by atoms with Gasteiger partial charge in [0.25, 0.3) is 0 Å². The number of rotatable bonds is 1. The average Bonchev–Trinajstić information content (AvgIpc) is 3.30. The number of nitrogens with zero attached hydrogens (tertiary/aromatic N) is 2. The highest BCUT2D eigenvalue weighted by Crippen LogP contribution is 2.37. The molecule has 3 aliphatic heterocycles. The highest BCUT2D eigenvalue weighted by Gasteiger charge is 2.44. The molecule has 4 rings (SSSR count). The molecule has 0 radical (unpaired) electrons. The Morgan fingerprint density at radius 2 is 1.64 bits per heavy atom. The summed E-state index contributed by atoms with van der Waals surface area (Å²) in [4.78, 5) is 42.7. The van der Waals surface area contributed by atoms with Gasteiger partial charge in [0.2, 0.25) is 23.6 Å². The van der Waals surface area contributed by atoms with Crippen LogP contribution in [0.1, 0.15) is 51.4 Å². The Bertz CT molecular complexity index is 839. The van der Waals surface area contributed by atoms with Crippen LogP contribution >= 0.6 is 0 Å². The highest BCUT2D eigenvalue weighted by atomic mass is 19.3. The van der Waals surface area contributed by atoms with Crippen molar-refractivity contribution in [1.82, 2.24) is 25.8 Å². The van der Waals surface area contributed by atoms with Crippen LogP contribution in [0.5, 0.6) is 0 Å². The second kappa shape index (κ2) is 14.1. The van der Waals surface area contributed by atoms with Crippen LogP contribution in [0.2, 0.25) is 0 Å². The third-order valence-electron chi connectivity index (χ3n) is 8.69. The summed E-state index contributed by atoms with van der Waals surface area (Å²) in [6.45, 7) is 3.98. The molecule has 3 amide bonds. The first-order valence-corrected chi connectivity index (χ1v) is 14.5. The summed E-state index contributed by atoms with van der Waals surface area (Å²) >= 11 is 0. The summed E-state index contributed by atoms with van der Waals surface area (Å²) < 4.78 is 38.6. The maximum Gasteiger partial charge on any atom is 0.248 e. The van der Waals surface area contributed by atoms with E-state index in [1.165, 1.54) is 0 Å². The lowest BCUT2D eigenvalue weighted by atomic mass is 9.81. The molecule has 39 heavy (non-hydrogen) atoms. The van der Waals surface area contributed by atoms with E-state index in [1.807, 2.05) is 4.90 Å². The van der Waals surface area contributed by atoms with Gasteiger partial charge < -0.3 is 30.3 Å². The second-order valence-corrected chi connectivity index (χ2v) is 11.7. The molecule has 0 spiro atoms. The molecule has 12 heteroatoms. The first-order valence-electron chi connectivity index (χ1n) is 14.5. The number of hydrogen-bond donors (Lipinski definition) is 3. The number of carbonyl (C=O) groups is 3. The van der Waals surface area contributed by atoms with Crippen molar-refractivity contribution in [3.8, 4) is 0 Å². The molecule has 1 saturated carbocycles. The first-order chi connectivity index (χ1) is 18.7. The monoisotopic (exact) mass is 557 g/mol. The third-order valence-corrected chi connectivity index (χ3v) is 8.69. The number of carbonyl (C=O) groups excluding carboxylic acids is 3. The van der Waals surface area contributed by atoms with Crippen molar-refractivity contribution in [3.63, 3.8) is 0 Å². The number of nitrogens with one attached hydrogen (secondary N) is 3. The summed E-state index contributed by atoms with van der Waals surface area (Å²) in [5.41, 5.74) is 0. The van der Waals surface area contributed by atoms with Gasteiger partial charge in [-0.2, -0.15) is 0 Å². The van der Waals surface area contributed by atoms with E-state index in [9.17, 15) is 23.2 Å². The molecular weight excluding hydrogens is 512 g/mol. The molecule has 3 N–H and O–H groups in total. The van der Waals surface area contributed by atoms with Crippen molar-refractivity contribution in [3.05, 3.63) is 0 Å². The van der Waals surface area contributed by atoms with Gasteiger partial charge in [0.15, 0.2) is 0 Å². The lowest BCUT2D eigenvalue weighted by molar-refractivity contribution is -0.128. The van der Waals surface area contributed by atoms with Crippen molar-refractivity contribution in [2.45, 2.75) is 75.4 Å². The summed E-state index contributed by atoms with van der Waals surface area (Å²) in [5.74, 6) is -2.52. The van der Waals surface area contributed by atoms with Crippen LogP contribution in [-0.2, 0) is 23.9 Å². The lowest BCUT2D eigenvalue weighted by Crippen LogP contribution is -2.50. The van der Waals surface area contributed by atoms with Gasteiger partial charge >= 0.3 is 0 Å². The van der Waals surface area contributed by atoms with Crippen LogP contribution in [-0.4, -0.2) is 118 Å². The van der Waals surface area contributed by atoms with Crippen molar-refractivity contribution in [2.24, 2.45) is 11.8 Å². The van der Waals surface area contributed by atoms with E-state index < -0.39 is 12.0 Å². The zero-order valence-corrected chi connectivity index (χ0v) is 23.1. The summed E-state index contributed by atoms with van der Waals surface area (Å²) in [6, 6.07) is -0.847. The molecule has 0 aromatic rings. The molecule has 4 fully saturated rings. The molecule has 0 unspecified atom stereocenters. The minimum absolute atomic E-state index is 0.00620. The predicted molar refractivity (Wildman–Crippen MR) is 140 cm³/mol. The van der Waals surface area contributed by atoms with Gasteiger partial charge in [-0.15, -0.1) is 0 Å². The van der Waals surface area contributed by atoms with Gasteiger partial charge in [-0.3, -0.25) is 19.3 Å². The first kappa shape index (κ1) is 30.1. The normalized spacial score (nSPS) is 33.8. The number of alkyl halides is 2. The third kappa shape index (κ3) is 9.06. The number of fused-ring (bicyclic) bond motifs is 3. The number of ether oxygens (including phenoxy) is 2. The van der Waals surface area contributed by atoms with E-state index in [0.29, 0.717) is 58.5 Å². The number of piperidine rings is 1. The van der Waals surface area contributed by atoms with E-state index in [1.54, 1.807) is 0 Å². The SMILES string of the molecule is CN1CC[C@H]2CC(=O)NCCOCCOCC(=O)N[C@H]3C[C@@H](C(=O)NCC[C@H]2C1)N(C1CCC(F)(F)CC1)C3. The minimum Gasteiger partial charge on any atom is -0.377 e. The van der Waals surface area contributed by atoms with E-state index >= 15 is 0 Å². The number of likely N-dealkylation sites (tertiary alicyclic amines) is 2. The number of halogens is 2. The Morgan fingerprint density at radius 3 is 2.44 bits per heavy atom. The zero-order valence-electron chi connectivity index (χ0n) is 23.1. The Labute approximate surface area is 229 Å². The van der Waals surface area contributed by atoms with E-state index in [0.717, 1.165) is 25.9 Å². The molecule has 1 aliphatic carbocycles. The van der Waals surface area contributed by atoms with Crippen LogP contribution in [0.15, 0.2) is 0 Å². The van der Waals surface area contributed by atoms with Gasteiger partial charge in [-0.05, 0) is 57.5 Å². The fraction of sp³-hybridized carbons (Fsp3) is 0.889. The van der Waals surface area contributed by atoms with Crippen molar-refractivity contribution >= 4 is 17.7 Å². The quantitative estimate of drug-likeness (QED) is 0.436. The Kier molecular flexibility index (Phi) is 10.9. The number of amides is 3. The van der Waals surface area contributed by atoms with E-state index in [2.05, 4.69) is 27.9 Å². The van der Waals surface area contributed by atoms with Gasteiger partial charge in [0.05, 0.1) is 25.9 Å². The maximum absolute atomic E-state index is 13.8. The van der Waals surface area contributed by atoms with Crippen molar-refractivity contribution < 1.29 is 32.6 Å². The van der Waals surface area contributed by atoms with Gasteiger partial charge in [-0.25, -0.2) is 8.78 Å². The molecule has 0 aromatic carbocycles. The Morgan fingerprint density at radius 1 is 0.872 bits per heavy atom. The predicted octanol–water partition coefficient (Wildman–Crippen LogP) is 0.751. The fourth-order valence-corrected chi connectivity index (χ4v) is 6.57. The summed E-state index contributed by atoms with van der Waals surface area (Å²) in [6.07, 6.45) is 2.88. The van der Waals surface area contributed by atoms with Gasteiger partial charge in [-0.1, -0.05) is 0 Å². The molecule has 4 aliphatic rings. The maximum atomic E-state index is 13.8. The standard InChI is InChI=1S/C27H45F2N5O5/c1-33-10-5-19-14-24(35)30-9-11-38-12-13-39-18-25(36)32-21-15-23(26(37)31-8-4-20(19)16-33)34(17-21)22-2-6-27(28,29)7-3-22/h19-23H,2-18H2,1H3,(H,30,35)(H,31,37)(H,32,36)/t19-,20-,21-,23-/m0/s1. The highest BCUT2D eigenvalue weighted by molar-refractivity contribution is 5.83. The van der Waals surface area contributed by atoms with Crippen molar-refractivity contribution in [2.75, 3.05) is 66.2 Å². The topological polar surface area (TPSA) is 112 Å². The Hall–Kier alpha value is -1.89. The summed E-state index contributed by atoms with van der Waals surface area (Å²) in [5, 5.41) is 8.99. The van der Waals surface area contributed by atoms with Crippen LogP contribution in [0, 0.1) is 11.8 Å². The van der Waals surface area contributed by atoms with E-state index in [4.69, 9.17) is 9.47 Å². The molecule has 0 aromatic heterocycles. The lowest BCUT2D eigenvalue weighted by Gasteiger charge is -2.38.